The summed E-state index contributed by atoms with van der Waals surface area (Å²) in [5.41, 5.74) is 2.64. The van der Waals surface area contributed by atoms with Crippen LogP contribution in [-0.4, -0.2) is 24.7 Å². The van der Waals surface area contributed by atoms with Crippen LogP contribution >= 0.6 is 12.6 Å². The number of benzene rings is 1. The van der Waals surface area contributed by atoms with Crippen molar-refractivity contribution in [1.29, 1.82) is 0 Å². The van der Waals surface area contributed by atoms with Crippen LogP contribution in [0.5, 0.6) is 0 Å². The lowest BCUT2D eigenvalue weighted by atomic mass is 10.1. The van der Waals surface area contributed by atoms with Crippen molar-refractivity contribution in [3.05, 3.63) is 35.4 Å². The van der Waals surface area contributed by atoms with Crippen molar-refractivity contribution in [2.24, 2.45) is 0 Å². The van der Waals surface area contributed by atoms with E-state index in [1.807, 2.05) is 0 Å². The molecule has 0 N–H and O–H groups in total. The third-order valence-corrected chi connectivity index (χ3v) is 2.60. The molecule has 0 aliphatic rings. The van der Waals surface area contributed by atoms with E-state index >= 15 is 0 Å². The Morgan fingerprint density at radius 3 is 2.15 bits per heavy atom. The topological polar surface area (TPSA) is 3.24 Å². The number of nitrogens with zero attached hydrogens (tertiary/aromatic N) is 1. The Morgan fingerprint density at radius 1 is 1.23 bits per heavy atom. The molecule has 1 aromatic carbocycles. The second-order valence-corrected chi connectivity index (χ2v) is 3.94. The average Bonchev–Trinajstić information content (AvgIpc) is 2.09. The number of rotatable bonds is 3. The zero-order valence-electron chi connectivity index (χ0n) is 8.49. The molecule has 0 aliphatic heterocycles. The molecule has 0 fully saturated rings. The van der Waals surface area contributed by atoms with Crippen LogP contribution in [0.25, 0.3) is 0 Å². The highest BCUT2D eigenvalue weighted by Crippen LogP contribution is 2.19. The average molecular weight is 195 g/mol. The Balaban J connectivity index is 2.86. The molecule has 0 aromatic heterocycles. The summed E-state index contributed by atoms with van der Waals surface area (Å²) in [6, 6.07) is 9.07. The third-order valence-electron chi connectivity index (χ3n) is 2.26. The van der Waals surface area contributed by atoms with Crippen LogP contribution in [0.15, 0.2) is 24.3 Å². The van der Waals surface area contributed by atoms with Crippen molar-refractivity contribution in [3.8, 4) is 0 Å². The van der Waals surface area contributed by atoms with Gasteiger partial charge in [0.05, 0.1) is 0 Å². The zero-order valence-corrected chi connectivity index (χ0v) is 9.38. The van der Waals surface area contributed by atoms with Crippen LogP contribution in [0.4, 0.5) is 0 Å². The Kier molecular flexibility index (Phi) is 3.82. The summed E-state index contributed by atoms with van der Waals surface area (Å²) in [6.45, 7) is 2.11. The van der Waals surface area contributed by atoms with Crippen LogP contribution in [0.3, 0.4) is 0 Å². The molecule has 2 heteroatoms. The van der Waals surface area contributed by atoms with Crippen LogP contribution in [0.2, 0.25) is 0 Å². The van der Waals surface area contributed by atoms with Crippen molar-refractivity contribution in [2.75, 3.05) is 19.8 Å². The van der Waals surface area contributed by atoms with Crippen molar-refractivity contribution in [1.82, 2.24) is 4.90 Å². The molecular formula is C11H17NS. The van der Waals surface area contributed by atoms with Gasteiger partial charge < -0.3 is 4.90 Å². The molecule has 1 unspecified atom stereocenters. The van der Waals surface area contributed by atoms with E-state index in [2.05, 4.69) is 62.8 Å². The summed E-state index contributed by atoms with van der Waals surface area (Å²) in [5, 5.41) is 0. The molecule has 0 heterocycles. The highest BCUT2D eigenvalue weighted by molar-refractivity contribution is 7.80. The normalized spacial score (nSPS) is 13.3. The second kappa shape index (κ2) is 4.68. The lowest BCUT2D eigenvalue weighted by Gasteiger charge is -2.22. The monoisotopic (exact) mass is 195 g/mol. The quantitative estimate of drug-likeness (QED) is 0.725. The Bertz CT molecular complexity index is 253. The third kappa shape index (κ3) is 2.75. The minimum Gasteiger partial charge on any atom is -0.302 e. The summed E-state index contributed by atoms with van der Waals surface area (Å²) in [6.07, 6.45) is 0. The van der Waals surface area contributed by atoms with Gasteiger partial charge in [-0.3, -0.25) is 0 Å². The second-order valence-electron chi connectivity index (χ2n) is 3.57. The van der Waals surface area contributed by atoms with Crippen LogP contribution < -0.4 is 0 Å². The molecule has 0 radical (unpaired) electrons. The summed E-state index contributed by atoms with van der Waals surface area (Å²) in [7, 11) is 4.17. The van der Waals surface area contributed by atoms with Crippen molar-refractivity contribution in [3.63, 3.8) is 0 Å². The van der Waals surface area contributed by atoms with E-state index < -0.39 is 0 Å². The minimum absolute atomic E-state index is 0.420. The molecule has 0 saturated carbocycles. The Hall–Kier alpha value is -0.470. The van der Waals surface area contributed by atoms with E-state index in [9.17, 15) is 0 Å². The van der Waals surface area contributed by atoms with Gasteiger partial charge in [-0.1, -0.05) is 29.8 Å². The minimum atomic E-state index is 0.420. The fourth-order valence-electron chi connectivity index (χ4n) is 1.36. The maximum Gasteiger partial charge on any atom is 0.0429 e. The highest BCUT2D eigenvalue weighted by atomic mass is 32.1. The first-order valence-corrected chi connectivity index (χ1v) is 5.12. The van der Waals surface area contributed by atoms with E-state index in [1.165, 1.54) is 11.1 Å². The first-order valence-electron chi connectivity index (χ1n) is 4.49. The summed E-state index contributed by atoms with van der Waals surface area (Å²) < 4.78 is 0. The van der Waals surface area contributed by atoms with Gasteiger partial charge in [0.2, 0.25) is 0 Å². The summed E-state index contributed by atoms with van der Waals surface area (Å²) in [4.78, 5) is 2.19. The lowest BCUT2D eigenvalue weighted by Crippen LogP contribution is -2.21. The first kappa shape index (κ1) is 10.6. The van der Waals surface area contributed by atoms with Gasteiger partial charge in [0.1, 0.15) is 0 Å². The predicted molar refractivity (Wildman–Crippen MR) is 61.5 cm³/mol. The van der Waals surface area contributed by atoms with E-state index in [0.717, 1.165) is 5.75 Å². The number of hydrogen-bond donors (Lipinski definition) is 1. The Morgan fingerprint density at radius 2 is 1.77 bits per heavy atom. The molecule has 1 atom stereocenters. The van der Waals surface area contributed by atoms with E-state index in [0.29, 0.717) is 6.04 Å². The largest absolute Gasteiger partial charge is 0.302 e. The van der Waals surface area contributed by atoms with Gasteiger partial charge in [0.25, 0.3) is 0 Å². The number of thiol groups is 1. The van der Waals surface area contributed by atoms with Crippen molar-refractivity contribution >= 4 is 12.6 Å². The van der Waals surface area contributed by atoms with Crippen molar-refractivity contribution < 1.29 is 0 Å². The zero-order chi connectivity index (χ0) is 9.84. The molecule has 0 aliphatic carbocycles. The lowest BCUT2D eigenvalue weighted by molar-refractivity contribution is 0.326. The number of hydrogen-bond acceptors (Lipinski definition) is 2. The summed E-state index contributed by atoms with van der Waals surface area (Å²) in [5.74, 6) is 0.857. The first-order chi connectivity index (χ1) is 6.15. The van der Waals surface area contributed by atoms with Gasteiger partial charge in [-0.05, 0) is 26.6 Å². The van der Waals surface area contributed by atoms with Gasteiger partial charge >= 0.3 is 0 Å². The van der Waals surface area contributed by atoms with Gasteiger partial charge in [-0.25, -0.2) is 0 Å². The fraction of sp³-hybridized carbons (Fsp3) is 0.455. The SMILES string of the molecule is Cc1ccc(C(CS)N(C)C)cc1. The van der Waals surface area contributed by atoms with E-state index in [-0.39, 0.29) is 0 Å². The van der Waals surface area contributed by atoms with Crippen LogP contribution in [0, 0.1) is 6.92 Å². The maximum atomic E-state index is 4.35. The molecular weight excluding hydrogens is 178 g/mol. The maximum absolute atomic E-state index is 4.35. The highest BCUT2D eigenvalue weighted by Gasteiger charge is 2.10. The summed E-state index contributed by atoms with van der Waals surface area (Å²) >= 11 is 4.35. The molecule has 0 saturated heterocycles. The molecule has 1 aromatic rings. The smallest absolute Gasteiger partial charge is 0.0429 e. The molecule has 0 bridgehead atoms. The van der Waals surface area contributed by atoms with Gasteiger partial charge in [-0.2, -0.15) is 12.6 Å². The van der Waals surface area contributed by atoms with Crippen LogP contribution in [0.1, 0.15) is 17.2 Å². The van der Waals surface area contributed by atoms with Crippen LogP contribution in [-0.2, 0) is 0 Å². The van der Waals surface area contributed by atoms with Gasteiger partial charge in [0.15, 0.2) is 0 Å². The predicted octanol–water partition coefficient (Wildman–Crippen LogP) is 2.53. The van der Waals surface area contributed by atoms with Gasteiger partial charge in [0, 0.05) is 11.8 Å². The molecule has 0 amide bonds. The van der Waals surface area contributed by atoms with E-state index in [1.54, 1.807) is 0 Å². The molecule has 1 nitrogen and oxygen atoms in total. The van der Waals surface area contributed by atoms with Gasteiger partial charge in [-0.15, -0.1) is 0 Å². The molecule has 13 heavy (non-hydrogen) atoms. The Labute approximate surface area is 86.2 Å². The molecule has 0 spiro atoms. The molecule has 1 rings (SSSR count). The fourth-order valence-corrected chi connectivity index (χ4v) is 1.89. The van der Waals surface area contributed by atoms with Crippen molar-refractivity contribution in [2.45, 2.75) is 13.0 Å². The number of aryl methyl sites for hydroxylation is 1. The van der Waals surface area contributed by atoms with E-state index in [4.69, 9.17) is 0 Å². The standard InChI is InChI=1S/C11H17NS/c1-9-4-6-10(7-5-9)11(8-13)12(2)3/h4-7,11,13H,8H2,1-3H3. The molecule has 72 valence electrons.